The molecule has 2 aliphatic rings. The van der Waals surface area contributed by atoms with Crippen molar-refractivity contribution in [3.63, 3.8) is 0 Å². The Labute approximate surface area is 206 Å². The number of primary amides is 1. The van der Waals surface area contributed by atoms with Gasteiger partial charge >= 0.3 is 0 Å². The molecule has 6 rings (SSSR count). The summed E-state index contributed by atoms with van der Waals surface area (Å²) in [6.07, 6.45) is 3.34. The number of hydrogen-bond acceptors (Lipinski definition) is 3. The minimum Gasteiger partial charge on any atom is -0.369 e. The summed E-state index contributed by atoms with van der Waals surface area (Å²) in [7, 11) is 0. The van der Waals surface area contributed by atoms with Gasteiger partial charge in [-0.3, -0.25) is 9.59 Å². The Morgan fingerprint density at radius 3 is 2.49 bits per heavy atom. The molecule has 0 unspecified atom stereocenters. The molecule has 6 nitrogen and oxygen atoms in total. The van der Waals surface area contributed by atoms with Crippen LogP contribution in [0.3, 0.4) is 0 Å². The van der Waals surface area contributed by atoms with Gasteiger partial charge in [0.15, 0.2) is 0 Å². The van der Waals surface area contributed by atoms with Crippen LogP contribution in [0.25, 0.3) is 16.6 Å². The Hall–Kier alpha value is -3.71. The first-order valence-corrected chi connectivity index (χ1v) is 11.9. The Kier molecular flexibility index (Phi) is 4.93. The summed E-state index contributed by atoms with van der Waals surface area (Å²) in [4.78, 5) is 27.6. The average Bonchev–Trinajstić information content (AvgIpc) is 3.44. The highest BCUT2D eigenvalue weighted by molar-refractivity contribution is 6.30. The molecule has 1 aromatic heterocycles. The third kappa shape index (κ3) is 3.49. The molecular formula is C27H22ClFN4O2. The van der Waals surface area contributed by atoms with Crippen molar-refractivity contribution in [3.05, 3.63) is 89.3 Å². The van der Waals surface area contributed by atoms with Crippen LogP contribution in [0.4, 0.5) is 10.1 Å². The number of amides is 2. The minimum atomic E-state index is -0.672. The lowest BCUT2D eigenvalue weighted by Gasteiger charge is -2.32. The molecule has 1 saturated carbocycles. The lowest BCUT2D eigenvalue weighted by Crippen LogP contribution is -2.36. The van der Waals surface area contributed by atoms with Crippen molar-refractivity contribution in [1.29, 1.82) is 0 Å². The van der Waals surface area contributed by atoms with Gasteiger partial charge in [0.2, 0.25) is 11.8 Å². The van der Waals surface area contributed by atoms with Crippen molar-refractivity contribution in [2.75, 3.05) is 4.90 Å². The first kappa shape index (κ1) is 21.8. The van der Waals surface area contributed by atoms with Gasteiger partial charge < -0.3 is 10.6 Å². The van der Waals surface area contributed by atoms with Crippen LogP contribution in [-0.4, -0.2) is 21.6 Å². The fourth-order valence-electron chi connectivity index (χ4n) is 5.50. The van der Waals surface area contributed by atoms with E-state index >= 15 is 0 Å². The molecule has 4 aromatic rings. The summed E-state index contributed by atoms with van der Waals surface area (Å²) in [6, 6.07) is 18.9. The summed E-state index contributed by atoms with van der Waals surface area (Å²) in [5.41, 5.74) is 8.32. The number of carbonyl (C=O) groups excluding carboxylic acids is 2. The number of rotatable bonds is 5. The van der Waals surface area contributed by atoms with E-state index in [2.05, 4.69) is 5.10 Å². The fourth-order valence-corrected chi connectivity index (χ4v) is 5.70. The normalized spacial score (nSPS) is 21.0. The Morgan fingerprint density at radius 1 is 1.06 bits per heavy atom. The number of anilines is 1. The van der Waals surface area contributed by atoms with E-state index in [4.69, 9.17) is 17.3 Å². The quantitative estimate of drug-likeness (QED) is 0.420. The molecule has 2 fully saturated rings. The number of halogens is 2. The van der Waals surface area contributed by atoms with E-state index in [1.165, 1.54) is 12.1 Å². The van der Waals surface area contributed by atoms with Crippen LogP contribution in [0, 0.1) is 17.2 Å². The van der Waals surface area contributed by atoms with Gasteiger partial charge in [-0.05, 0) is 73.0 Å². The maximum absolute atomic E-state index is 13.4. The summed E-state index contributed by atoms with van der Waals surface area (Å²) < 4.78 is 15.1. The number of nitrogens with two attached hydrogens (primary N) is 1. The highest BCUT2D eigenvalue weighted by Gasteiger charge is 2.61. The Morgan fingerprint density at radius 2 is 1.80 bits per heavy atom. The van der Waals surface area contributed by atoms with Crippen molar-refractivity contribution in [3.8, 4) is 5.69 Å². The zero-order valence-electron chi connectivity index (χ0n) is 18.7. The van der Waals surface area contributed by atoms with E-state index in [-0.39, 0.29) is 36.0 Å². The lowest BCUT2D eigenvalue weighted by molar-refractivity contribution is -0.125. The predicted octanol–water partition coefficient (Wildman–Crippen LogP) is 5.18. The molecule has 8 heteroatoms. The van der Waals surface area contributed by atoms with E-state index in [0.717, 1.165) is 22.2 Å². The lowest BCUT2D eigenvalue weighted by atomic mass is 9.79. The standard InChI is InChI=1S/C27H22ClFN4O2/c28-18-3-1-2-16(12-18)25-22(27(10-11-27)26(30)35)14-24(34)32(25)21-8-9-23-17(13-21)15-31-33(23)20-6-4-19(29)5-7-20/h1-9,12-13,15,22,25H,10-11,14H2,(H2,30,35)/t22-,25+/m1/s1. The van der Waals surface area contributed by atoms with Gasteiger partial charge in [-0.1, -0.05) is 23.7 Å². The second kappa shape index (κ2) is 7.92. The molecule has 3 aromatic carbocycles. The molecule has 2 N–H and O–H groups in total. The second-order valence-corrected chi connectivity index (χ2v) is 9.81. The van der Waals surface area contributed by atoms with Crippen LogP contribution in [0.5, 0.6) is 0 Å². The number of nitrogens with zero attached hydrogens (tertiary/aromatic N) is 3. The molecule has 0 bridgehead atoms. The molecular weight excluding hydrogens is 467 g/mol. The van der Waals surface area contributed by atoms with Gasteiger partial charge in [0.25, 0.3) is 0 Å². The molecule has 2 atom stereocenters. The van der Waals surface area contributed by atoms with E-state index in [0.29, 0.717) is 23.6 Å². The van der Waals surface area contributed by atoms with Crippen molar-refractivity contribution >= 4 is 40.0 Å². The Balaban J connectivity index is 1.44. The molecule has 1 aliphatic heterocycles. The smallest absolute Gasteiger partial charge is 0.227 e. The third-order valence-corrected chi connectivity index (χ3v) is 7.64. The van der Waals surface area contributed by atoms with E-state index in [9.17, 15) is 14.0 Å². The Bertz CT molecular complexity index is 1480. The van der Waals surface area contributed by atoms with Crippen molar-refractivity contribution < 1.29 is 14.0 Å². The first-order valence-electron chi connectivity index (χ1n) is 11.5. The van der Waals surface area contributed by atoms with Gasteiger partial charge in [-0.2, -0.15) is 5.10 Å². The third-order valence-electron chi connectivity index (χ3n) is 7.40. The average molecular weight is 489 g/mol. The summed E-state index contributed by atoms with van der Waals surface area (Å²) >= 11 is 6.31. The van der Waals surface area contributed by atoms with Gasteiger partial charge in [0, 0.05) is 28.4 Å². The molecule has 2 amide bonds. The molecule has 0 radical (unpaired) electrons. The summed E-state index contributed by atoms with van der Waals surface area (Å²) in [6.45, 7) is 0. The molecule has 2 heterocycles. The predicted molar refractivity (Wildman–Crippen MR) is 132 cm³/mol. The van der Waals surface area contributed by atoms with Crippen LogP contribution in [0.15, 0.2) is 72.9 Å². The highest BCUT2D eigenvalue weighted by Crippen LogP contribution is 2.61. The maximum atomic E-state index is 13.4. The molecule has 1 aliphatic carbocycles. The highest BCUT2D eigenvalue weighted by atomic mass is 35.5. The van der Waals surface area contributed by atoms with Gasteiger partial charge in [-0.25, -0.2) is 9.07 Å². The van der Waals surface area contributed by atoms with Crippen LogP contribution < -0.4 is 10.6 Å². The van der Waals surface area contributed by atoms with Gasteiger partial charge in [0.05, 0.1) is 28.9 Å². The van der Waals surface area contributed by atoms with Gasteiger partial charge in [0.1, 0.15) is 5.82 Å². The summed E-state index contributed by atoms with van der Waals surface area (Å²) in [5.74, 6) is -0.951. The van der Waals surface area contributed by atoms with Crippen molar-refractivity contribution in [1.82, 2.24) is 9.78 Å². The first-order chi connectivity index (χ1) is 16.9. The van der Waals surface area contributed by atoms with E-state index < -0.39 is 5.41 Å². The van der Waals surface area contributed by atoms with Crippen LogP contribution in [0.2, 0.25) is 5.02 Å². The topological polar surface area (TPSA) is 81.2 Å². The molecule has 176 valence electrons. The SMILES string of the molecule is NC(=O)C1([C@@H]2CC(=O)N(c3ccc4c(cnn4-c4ccc(F)cc4)c3)[C@H]2c2cccc(Cl)c2)CC1. The van der Waals surface area contributed by atoms with E-state index in [1.54, 1.807) is 34.0 Å². The molecule has 0 spiro atoms. The number of fused-ring (bicyclic) bond motifs is 1. The molecule has 35 heavy (non-hydrogen) atoms. The van der Waals surface area contributed by atoms with Crippen LogP contribution in [0.1, 0.15) is 30.9 Å². The summed E-state index contributed by atoms with van der Waals surface area (Å²) in [5, 5.41) is 5.88. The number of hydrogen-bond donors (Lipinski definition) is 1. The number of aromatic nitrogens is 2. The maximum Gasteiger partial charge on any atom is 0.227 e. The second-order valence-electron chi connectivity index (χ2n) is 9.37. The van der Waals surface area contributed by atoms with Crippen molar-refractivity contribution in [2.45, 2.75) is 25.3 Å². The van der Waals surface area contributed by atoms with Crippen molar-refractivity contribution in [2.24, 2.45) is 17.1 Å². The number of carbonyl (C=O) groups is 2. The zero-order valence-corrected chi connectivity index (χ0v) is 19.5. The molecule has 1 saturated heterocycles. The fraction of sp³-hybridized carbons (Fsp3) is 0.222. The minimum absolute atomic E-state index is 0.0576. The van der Waals surface area contributed by atoms with E-state index in [1.807, 2.05) is 36.4 Å². The monoisotopic (exact) mass is 488 g/mol. The largest absolute Gasteiger partial charge is 0.369 e. The zero-order chi connectivity index (χ0) is 24.3. The number of benzene rings is 3. The van der Waals surface area contributed by atoms with Gasteiger partial charge in [-0.15, -0.1) is 0 Å². The van der Waals surface area contributed by atoms with Crippen LogP contribution >= 0.6 is 11.6 Å². The van der Waals surface area contributed by atoms with Crippen LogP contribution in [-0.2, 0) is 9.59 Å².